The van der Waals surface area contributed by atoms with Gasteiger partial charge in [0, 0.05) is 6.20 Å². The number of hydrogen-bond acceptors (Lipinski definition) is 3. The summed E-state index contributed by atoms with van der Waals surface area (Å²) in [6.45, 7) is 0.161. The summed E-state index contributed by atoms with van der Waals surface area (Å²) < 4.78 is 2.30. The van der Waals surface area contributed by atoms with Crippen molar-refractivity contribution >= 4 is 21.8 Å². The minimum atomic E-state index is -0.225. The second kappa shape index (κ2) is 4.62. The highest BCUT2D eigenvalue weighted by Gasteiger charge is 2.02. The van der Waals surface area contributed by atoms with Gasteiger partial charge in [0.15, 0.2) is 0 Å². The fourth-order valence-corrected chi connectivity index (χ4v) is 1.09. The van der Waals surface area contributed by atoms with E-state index in [-0.39, 0.29) is 19.0 Å². The van der Waals surface area contributed by atoms with Crippen LogP contribution in [0.4, 0.5) is 0 Å². The third-order valence-corrected chi connectivity index (χ3v) is 1.68. The van der Waals surface area contributed by atoms with Crippen molar-refractivity contribution < 1.29 is 4.79 Å². The standard InChI is InChI=1S/C7H7BrN4O/c8-6-3-11-12(4-6)5-7(13)10-2-1-9/h3-4H,2,5H2,(H,10,13). The van der Waals surface area contributed by atoms with Crippen LogP contribution in [0.25, 0.3) is 0 Å². The Kier molecular flexibility index (Phi) is 3.46. The van der Waals surface area contributed by atoms with Gasteiger partial charge in [-0.15, -0.1) is 0 Å². The van der Waals surface area contributed by atoms with E-state index < -0.39 is 0 Å². The molecule has 0 aromatic carbocycles. The maximum atomic E-state index is 11.0. The van der Waals surface area contributed by atoms with Crippen LogP contribution in [-0.2, 0) is 11.3 Å². The first-order valence-electron chi connectivity index (χ1n) is 3.54. The number of nitriles is 1. The van der Waals surface area contributed by atoms with Crippen LogP contribution in [0.15, 0.2) is 16.9 Å². The van der Waals surface area contributed by atoms with Gasteiger partial charge in [0.25, 0.3) is 0 Å². The van der Waals surface area contributed by atoms with Crippen LogP contribution in [0.3, 0.4) is 0 Å². The second-order valence-electron chi connectivity index (χ2n) is 2.29. The molecule has 0 aliphatic rings. The Balaban J connectivity index is 2.41. The highest BCUT2D eigenvalue weighted by atomic mass is 79.9. The van der Waals surface area contributed by atoms with E-state index in [1.165, 1.54) is 4.68 Å². The molecule has 0 saturated heterocycles. The normalized spacial score (nSPS) is 9.23. The molecule has 68 valence electrons. The number of nitrogens with zero attached hydrogens (tertiary/aromatic N) is 3. The Labute approximate surface area is 83.5 Å². The SMILES string of the molecule is N#CCNC(=O)Cn1cc(Br)cn1. The zero-order chi connectivity index (χ0) is 9.68. The van der Waals surface area contributed by atoms with Crippen molar-refractivity contribution in [1.29, 1.82) is 5.26 Å². The highest BCUT2D eigenvalue weighted by molar-refractivity contribution is 9.10. The fraction of sp³-hybridized carbons (Fsp3) is 0.286. The Morgan fingerprint density at radius 2 is 2.62 bits per heavy atom. The van der Waals surface area contributed by atoms with Gasteiger partial charge >= 0.3 is 0 Å². The number of hydrogen-bond donors (Lipinski definition) is 1. The average Bonchev–Trinajstić information content (AvgIpc) is 2.48. The number of amides is 1. The lowest BCUT2D eigenvalue weighted by atomic mass is 10.5. The first-order chi connectivity index (χ1) is 6.22. The quantitative estimate of drug-likeness (QED) is 0.775. The van der Waals surface area contributed by atoms with E-state index in [0.717, 1.165) is 4.47 Å². The van der Waals surface area contributed by atoms with Gasteiger partial charge in [-0.1, -0.05) is 0 Å². The Hall–Kier alpha value is -1.35. The van der Waals surface area contributed by atoms with Crippen molar-refractivity contribution in [2.24, 2.45) is 0 Å². The predicted molar refractivity (Wildman–Crippen MR) is 48.5 cm³/mol. The topological polar surface area (TPSA) is 70.7 Å². The van der Waals surface area contributed by atoms with Gasteiger partial charge in [-0.05, 0) is 15.9 Å². The molecule has 1 aromatic heterocycles. The second-order valence-corrected chi connectivity index (χ2v) is 3.21. The maximum Gasteiger partial charge on any atom is 0.242 e. The van der Waals surface area contributed by atoms with Gasteiger partial charge in [-0.25, -0.2) is 0 Å². The van der Waals surface area contributed by atoms with Crippen molar-refractivity contribution in [3.8, 4) is 6.07 Å². The smallest absolute Gasteiger partial charge is 0.242 e. The number of carbonyl (C=O) groups is 1. The summed E-state index contributed by atoms with van der Waals surface area (Å²) in [5, 5.41) is 14.5. The number of halogens is 1. The van der Waals surface area contributed by atoms with Gasteiger partial charge in [-0.3, -0.25) is 9.48 Å². The summed E-state index contributed by atoms with van der Waals surface area (Å²) in [6, 6.07) is 1.82. The number of carbonyl (C=O) groups excluding carboxylic acids is 1. The third-order valence-electron chi connectivity index (χ3n) is 1.27. The molecule has 13 heavy (non-hydrogen) atoms. The average molecular weight is 243 g/mol. The third kappa shape index (κ3) is 3.25. The molecule has 0 aliphatic heterocycles. The lowest BCUT2D eigenvalue weighted by Crippen LogP contribution is -2.27. The van der Waals surface area contributed by atoms with E-state index in [1.54, 1.807) is 12.4 Å². The minimum Gasteiger partial charge on any atom is -0.341 e. The van der Waals surface area contributed by atoms with Crippen LogP contribution >= 0.6 is 15.9 Å². The maximum absolute atomic E-state index is 11.0. The predicted octanol–water partition coefficient (Wildman–Crippen LogP) is 0.285. The molecule has 5 nitrogen and oxygen atoms in total. The van der Waals surface area contributed by atoms with E-state index in [1.807, 2.05) is 6.07 Å². The lowest BCUT2D eigenvalue weighted by Gasteiger charge is -1.99. The van der Waals surface area contributed by atoms with Gasteiger partial charge < -0.3 is 5.32 Å². The molecule has 1 aromatic rings. The van der Waals surface area contributed by atoms with Crippen molar-refractivity contribution in [1.82, 2.24) is 15.1 Å². The minimum absolute atomic E-state index is 0.0290. The van der Waals surface area contributed by atoms with Crippen LogP contribution in [0, 0.1) is 11.3 Å². The van der Waals surface area contributed by atoms with Crippen LogP contribution in [0.2, 0.25) is 0 Å². The lowest BCUT2D eigenvalue weighted by molar-refractivity contribution is -0.121. The van der Waals surface area contributed by atoms with Crippen LogP contribution in [0.5, 0.6) is 0 Å². The number of aromatic nitrogens is 2. The Morgan fingerprint density at radius 3 is 3.15 bits per heavy atom. The monoisotopic (exact) mass is 242 g/mol. The summed E-state index contributed by atoms with van der Waals surface area (Å²) in [6.07, 6.45) is 3.28. The van der Waals surface area contributed by atoms with Crippen LogP contribution in [0.1, 0.15) is 0 Å². The molecule has 1 N–H and O–H groups in total. The zero-order valence-electron chi connectivity index (χ0n) is 6.70. The van der Waals surface area contributed by atoms with Crippen LogP contribution in [-0.4, -0.2) is 22.2 Å². The molecule has 1 rings (SSSR count). The highest BCUT2D eigenvalue weighted by Crippen LogP contribution is 2.05. The number of rotatable bonds is 3. The molecule has 0 spiro atoms. The Bertz CT molecular complexity index is 341. The van der Waals surface area contributed by atoms with E-state index in [2.05, 4.69) is 26.3 Å². The first-order valence-corrected chi connectivity index (χ1v) is 4.33. The molecule has 0 fully saturated rings. The number of nitrogens with one attached hydrogen (secondary N) is 1. The summed E-state index contributed by atoms with van der Waals surface area (Å²) in [7, 11) is 0. The van der Waals surface area contributed by atoms with Gasteiger partial charge in [0.05, 0.1) is 16.7 Å². The molecular formula is C7H7BrN4O. The van der Waals surface area contributed by atoms with Gasteiger partial charge in [0.2, 0.25) is 5.91 Å². The van der Waals surface area contributed by atoms with Crippen molar-refractivity contribution in [3.05, 3.63) is 16.9 Å². The van der Waals surface area contributed by atoms with E-state index in [9.17, 15) is 4.79 Å². The molecule has 0 aliphatic carbocycles. The molecule has 0 atom stereocenters. The summed E-state index contributed by atoms with van der Waals surface area (Å²) in [4.78, 5) is 11.0. The Morgan fingerprint density at radius 1 is 1.85 bits per heavy atom. The van der Waals surface area contributed by atoms with Gasteiger partial charge in [0.1, 0.15) is 13.1 Å². The van der Waals surface area contributed by atoms with Crippen molar-refractivity contribution in [2.75, 3.05) is 6.54 Å². The molecule has 1 heterocycles. The molecule has 6 heteroatoms. The van der Waals surface area contributed by atoms with Crippen molar-refractivity contribution in [2.45, 2.75) is 6.54 Å². The van der Waals surface area contributed by atoms with E-state index in [4.69, 9.17) is 5.26 Å². The first kappa shape index (κ1) is 9.74. The summed E-state index contributed by atoms with van der Waals surface area (Å²) in [5.41, 5.74) is 0. The zero-order valence-corrected chi connectivity index (χ0v) is 8.28. The van der Waals surface area contributed by atoms with Crippen LogP contribution < -0.4 is 5.32 Å². The van der Waals surface area contributed by atoms with E-state index >= 15 is 0 Å². The summed E-state index contributed by atoms with van der Waals surface area (Å²) in [5.74, 6) is -0.225. The van der Waals surface area contributed by atoms with Crippen molar-refractivity contribution in [3.63, 3.8) is 0 Å². The molecule has 0 bridgehead atoms. The largest absolute Gasteiger partial charge is 0.341 e. The molecule has 1 amide bonds. The molecule has 0 unspecified atom stereocenters. The fourth-order valence-electron chi connectivity index (χ4n) is 0.766. The van der Waals surface area contributed by atoms with E-state index in [0.29, 0.717) is 0 Å². The van der Waals surface area contributed by atoms with Gasteiger partial charge in [-0.2, -0.15) is 10.4 Å². The molecule has 0 radical (unpaired) electrons. The molecule has 0 saturated carbocycles. The molecular weight excluding hydrogens is 236 g/mol. The summed E-state index contributed by atoms with van der Waals surface area (Å²) >= 11 is 3.21.